The van der Waals surface area contributed by atoms with E-state index in [4.69, 9.17) is 9.72 Å². The third kappa shape index (κ3) is 4.85. The van der Waals surface area contributed by atoms with Crippen LogP contribution in [0.25, 0.3) is 11.3 Å². The summed E-state index contributed by atoms with van der Waals surface area (Å²) >= 11 is 1.64. The van der Waals surface area contributed by atoms with Crippen LogP contribution in [0.3, 0.4) is 0 Å². The predicted molar refractivity (Wildman–Crippen MR) is 116 cm³/mol. The topological polar surface area (TPSA) is 72.8 Å². The van der Waals surface area contributed by atoms with Crippen LogP contribution in [0, 0.1) is 0 Å². The third-order valence-corrected chi connectivity index (χ3v) is 5.75. The first kappa shape index (κ1) is 19.6. The lowest BCUT2D eigenvalue weighted by atomic mass is 10.1. The van der Waals surface area contributed by atoms with Crippen LogP contribution in [0.4, 0.5) is 5.69 Å². The van der Waals surface area contributed by atoms with Gasteiger partial charge in [-0.15, -0.1) is 10.2 Å². The summed E-state index contributed by atoms with van der Waals surface area (Å²) in [5.74, 6) is 1.50. The van der Waals surface area contributed by atoms with Crippen molar-refractivity contribution >= 4 is 17.4 Å². The Kier molecular flexibility index (Phi) is 6.56. The number of ether oxygens (including phenoxy) is 1. The maximum absolute atomic E-state index is 6.26. The predicted octanol–water partition coefficient (Wildman–Crippen LogP) is 5.50. The number of aromatic nitrogens is 4. The molecule has 1 atom stereocenters. The second-order valence-corrected chi connectivity index (χ2v) is 8.04. The number of anilines is 1. The fourth-order valence-corrected chi connectivity index (χ4v) is 4.04. The van der Waals surface area contributed by atoms with Crippen molar-refractivity contribution in [1.29, 1.82) is 0 Å². The number of hydrogen-bond acceptors (Lipinski definition) is 7. The minimum absolute atomic E-state index is 0.371. The van der Waals surface area contributed by atoms with Crippen molar-refractivity contribution in [1.82, 2.24) is 20.2 Å². The molecule has 0 saturated carbocycles. The highest BCUT2D eigenvalue weighted by molar-refractivity contribution is 7.99. The number of unbranched alkanes of at least 4 members (excludes halogenated alkanes) is 4. The highest BCUT2D eigenvalue weighted by Crippen LogP contribution is 2.39. The number of para-hydroxylation sites is 1. The van der Waals surface area contributed by atoms with Gasteiger partial charge in [-0.3, -0.25) is 4.98 Å². The molecule has 1 N–H and O–H groups in total. The van der Waals surface area contributed by atoms with E-state index in [1.165, 1.54) is 25.7 Å². The quantitative estimate of drug-likeness (QED) is 0.390. The van der Waals surface area contributed by atoms with Crippen LogP contribution in [0.1, 0.15) is 50.8 Å². The summed E-state index contributed by atoms with van der Waals surface area (Å²) in [5.41, 5.74) is 3.53. The van der Waals surface area contributed by atoms with Gasteiger partial charge in [0.1, 0.15) is 0 Å². The zero-order valence-electron chi connectivity index (χ0n) is 16.5. The Bertz CT molecular complexity index is 937. The van der Waals surface area contributed by atoms with E-state index < -0.39 is 0 Å². The maximum atomic E-state index is 6.26. The molecule has 6 nitrogen and oxygen atoms in total. The maximum Gasteiger partial charge on any atom is 0.247 e. The minimum atomic E-state index is -0.371. The SMILES string of the molecule is CCCCCCCSc1nnc2c(n1)OC(c1ccncc1)Nc1ccccc1-2. The van der Waals surface area contributed by atoms with Crippen molar-refractivity contribution in [2.24, 2.45) is 0 Å². The molecule has 0 amide bonds. The minimum Gasteiger partial charge on any atom is -0.448 e. The normalized spacial score (nSPS) is 14.9. The molecular weight excluding hydrogens is 382 g/mol. The molecule has 7 heteroatoms. The molecular formula is C22H25N5OS. The summed E-state index contributed by atoms with van der Waals surface area (Å²) in [6.45, 7) is 2.23. The fraction of sp³-hybridized carbons (Fsp3) is 0.364. The van der Waals surface area contributed by atoms with Gasteiger partial charge in [-0.2, -0.15) is 4.98 Å². The summed E-state index contributed by atoms with van der Waals surface area (Å²) in [6.07, 6.45) is 9.41. The molecule has 0 aliphatic carbocycles. The molecule has 0 spiro atoms. The molecule has 1 aromatic carbocycles. The average molecular weight is 408 g/mol. The van der Waals surface area contributed by atoms with Crippen LogP contribution >= 0.6 is 11.8 Å². The van der Waals surface area contributed by atoms with Gasteiger partial charge in [0.05, 0.1) is 0 Å². The van der Waals surface area contributed by atoms with E-state index in [-0.39, 0.29) is 6.23 Å². The number of hydrogen-bond donors (Lipinski definition) is 1. The monoisotopic (exact) mass is 407 g/mol. The zero-order chi connectivity index (χ0) is 19.9. The van der Waals surface area contributed by atoms with Gasteiger partial charge in [0.15, 0.2) is 11.9 Å². The van der Waals surface area contributed by atoms with Crippen molar-refractivity contribution in [3.63, 3.8) is 0 Å². The lowest BCUT2D eigenvalue weighted by Gasteiger charge is -2.19. The molecule has 0 radical (unpaired) electrons. The van der Waals surface area contributed by atoms with Gasteiger partial charge in [-0.05, 0) is 24.6 Å². The Morgan fingerprint density at radius 1 is 1.00 bits per heavy atom. The van der Waals surface area contributed by atoms with Crippen molar-refractivity contribution in [2.45, 2.75) is 50.4 Å². The van der Waals surface area contributed by atoms with E-state index in [2.05, 4.69) is 27.4 Å². The molecule has 29 heavy (non-hydrogen) atoms. The lowest BCUT2D eigenvalue weighted by Crippen LogP contribution is -2.17. The molecule has 3 heterocycles. The summed E-state index contributed by atoms with van der Waals surface area (Å²) < 4.78 is 6.26. The lowest BCUT2D eigenvalue weighted by molar-refractivity contribution is 0.225. The first-order valence-electron chi connectivity index (χ1n) is 10.1. The van der Waals surface area contributed by atoms with Crippen molar-refractivity contribution in [3.05, 3.63) is 54.4 Å². The second-order valence-electron chi connectivity index (χ2n) is 6.98. The Morgan fingerprint density at radius 2 is 1.83 bits per heavy atom. The second kappa shape index (κ2) is 9.69. The van der Waals surface area contributed by atoms with Gasteiger partial charge >= 0.3 is 0 Å². The molecule has 1 unspecified atom stereocenters. The Balaban J connectivity index is 1.56. The molecule has 2 aromatic heterocycles. The zero-order valence-corrected chi connectivity index (χ0v) is 17.4. The number of nitrogens with zero attached hydrogens (tertiary/aromatic N) is 4. The van der Waals surface area contributed by atoms with Crippen molar-refractivity contribution in [3.8, 4) is 17.1 Å². The van der Waals surface area contributed by atoms with E-state index in [0.29, 0.717) is 16.7 Å². The van der Waals surface area contributed by atoms with Crippen LogP contribution < -0.4 is 10.1 Å². The molecule has 0 bridgehead atoms. The number of pyridine rings is 1. The first-order valence-corrected chi connectivity index (χ1v) is 11.1. The van der Waals surface area contributed by atoms with E-state index in [1.54, 1.807) is 24.2 Å². The molecule has 1 aliphatic rings. The summed E-state index contributed by atoms with van der Waals surface area (Å²) in [7, 11) is 0. The van der Waals surface area contributed by atoms with Crippen LogP contribution in [0.15, 0.2) is 53.9 Å². The summed E-state index contributed by atoms with van der Waals surface area (Å²) in [5, 5.41) is 12.9. The summed E-state index contributed by atoms with van der Waals surface area (Å²) in [6, 6.07) is 11.9. The largest absolute Gasteiger partial charge is 0.448 e. The molecule has 1 aliphatic heterocycles. The van der Waals surface area contributed by atoms with Gasteiger partial charge in [0.2, 0.25) is 11.0 Å². The molecule has 150 valence electrons. The number of benzene rings is 1. The Labute approximate surface area is 175 Å². The standard InChI is InChI=1S/C22H25N5OS/c1-2-3-4-5-8-15-29-22-25-21-19(26-27-22)17-9-6-7-10-18(17)24-20(28-21)16-11-13-23-14-12-16/h6-7,9-14,20,24H,2-5,8,15H2,1H3. The van der Waals surface area contributed by atoms with Crippen LogP contribution in [-0.4, -0.2) is 25.9 Å². The van der Waals surface area contributed by atoms with E-state index in [0.717, 1.165) is 29.0 Å². The molecule has 4 rings (SSSR count). The average Bonchev–Trinajstić information content (AvgIpc) is 2.93. The highest BCUT2D eigenvalue weighted by Gasteiger charge is 2.25. The van der Waals surface area contributed by atoms with Gasteiger partial charge in [-0.1, -0.05) is 62.6 Å². The Hall–Kier alpha value is -2.67. The van der Waals surface area contributed by atoms with Crippen LogP contribution in [-0.2, 0) is 0 Å². The van der Waals surface area contributed by atoms with Gasteiger partial charge in [-0.25, -0.2) is 0 Å². The van der Waals surface area contributed by atoms with Gasteiger partial charge in [0, 0.05) is 35.0 Å². The van der Waals surface area contributed by atoms with E-state index in [9.17, 15) is 0 Å². The Morgan fingerprint density at radius 3 is 2.69 bits per heavy atom. The molecule has 3 aromatic rings. The van der Waals surface area contributed by atoms with Crippen molar-refractivity contribution < 1.29 is 4.74 Å². The van der Waals surface area contributed by atoms with Crippen LogP contribution in [0.5, 0.6) is 5.88 Å². The van der Waals surface area contributed by atoms with Gasteiger partial charge < -0.3 is 10.1 Å². The number of fused-ring (bicyclic) bond motifs is 3. The smallest absolute Gasteiger partial charge is 0.247 e. The highest BCUT2D eigenvalue weighted by atomic mass is 32.2. The molecule has 0 fully saturated rings. The number of thioether (sulfide) groups is 1. The van der Waals surface area contributed by atoms with E-state index in [1.807, 2.05) is 36.4 Å². The first-order chi connectivity index (χ1) is 14.3. The molecule has 0 saturated heterocycles. The number of rotatable bonds is 8. The van der Waals surface area contributed by atoms with Crippen molar-refractivity contribution in [2.75, 3.05) is 11.1 Å². The summed E-state index contributed by atoms with van der Waals surface area (Å²) in [4.78, 5) is 8.80. The van der Waals surface area contributed by atoms with Crippen LogP contribution in [0.2, 0.25) is 0 Å². The third-order valence-electron chi connectivity index (χ3n) is 4.82. The van der Waals surface area contributed by atoms with E-state index >= 15 is 0 Å². The number of nitrogens with one attached hydrogen (secondary N) is 1. The fourth-order valence-electron chi connectivity index (χ4n) is 3.27. The van der Waals surface area contributed by atoms with Gasteiger partial charge in [0.25, 0.3) is 0 Å².